The zero-order valence-corrected chi connectivity index (χ0v) is 11.4. The second-order valence-electron chi connectivity index (χ2n) is 5.33. The minimum atomic E-state index is 0.463. The van der Waals surface area contributed by atoms with E-state index in [1.807, 2.05) is 12.1 Å². The zero-order valence-electron chi connectivity index (χ0n) is 11.4. The molecule has 4 nitrogen and oxygen atoms in total. The van der Waals surface area contributed by atoms with Crippen molar-refractivity contribution in [2.24, 2.45) is 5.92 Å². The van der Waals surface area contributed by atoms with Crippen LogP contribution in [0, 0.1) is 5.92 Å². The highest BCUT2D eigenvalue weighted by Gasteiger charge is 2.16. The molecule has 1 fully saturated rings. The van der Waals surface area contributed by atoms with E-state index in [4.69, 9.17) is 4.74 Å². The maximum absolute atomic E-state index is 5.60. The third-order valence-corrected chi connectivity index (χ3v) is 3.39. The van der Waals surface area contributed by atoms with Gasteiger partial charge in [-0.05, 0) is 18.4 Å². The van der Waals surface area contributed by atoms with Gasteiger partial charge >= 0.3 is 0 Å². The molecule has 1 aliphatic rings. The molecule has 1 aliphatic carbocycles. The summed E-state index contributed by atoms with van der Waals surface area (Å²) in [6, 6.07) is 4.34. The van der Waals surface area contributed by atoms with Crippen molar-refractivity contribution in [3.05, 3.63) is 17.8 Å². The van der Waals surface area contributed by atoms with Crippen LogP contribution in [-0.2, 0) is 6.54 Å². The Morgan fingerprint density at radius 3 is 2.72 bits per heavy atom. The SMILES string of the molecule is CC(C)NCc1ccc(OCCC2CCC2)nn1. The molecule has 0 bridgehead atoms. The fraction of sp³-hybridized carbons (Fsp3) is 0.714. The molecule has 100 valence electrons. The number of nitrogens with zero attached hydrogens (tertiary/aromatic N) is 2. The lowest BCUT2D eigenvalue weighted by molar-refractivity contribution is 0.216. The van der Waals surface area contributed by atoms with Crippen molar-refractivity contribution in [1.82, 2.24) is 15.5 Å². The van der Waals surface area contributed by atoms with Crippen molar-refractivity contribution in [3.63, 3.8) is 0 Å². The predicted molar refractivity (Wildman–Crippen MR) is 71.5 cm³/mol. The molecule has 0 aromatic carbocycles. The first-order chi connectivity index (χ1) is 8.74. The normalized spacial score (nSPS) is 15.7. The maximum atomic E-state index is 5.60. The third-order valence-electron chi connectivity index (χ3n) is 3.39. The molecule has 0 atom stereocenters. The third kappa shape index (κ3) is 4.26. The predicted octanol–water partition coefficient (Wildman–Crippen LogP) is 2.54. The van der Waals surface area contributed by atoms with E-state index in [1.54, 1.807) is 0 Å². The maximum Gasteiger partial charge on any atom is 0.233 e. The summed E-state index contributed by atoms with van der Waals surface area (Å²) < 4.78 is 5.60. The van der Waals surface area contributed by atoms with Gasteiger partial charge in [0.05, 0.1) is 12.3 Å². The average Bonchev–Trinajstić information content (AvgIpc) is 2.31. The topological polar surface area (TPSA) is 47.0 Å². The van der Waals surface area contributed by atoms with Gasteiger partial charge in [0.2, 0.25) is 5.88 Å². The van der Waals surface area contributed by atoms with Crippen LogP contribution in [0.2, 0.25) is 0 Å². The van der Waals surface area contributed by atoms with Gasteiger partial charge in [-0.25, -0.2) is 0 Å². The van der Waals surface area contributed by atoms with E-state index < -0.39 is 0 Å². The van der Waals surface area contributed by atoms with Crippen LogP contribution in [0.5, 0.6) is 5.88 Å². The monoisotopic (exact) mass is 249 g/mol. The summed E-state index contributed by atoms with van der Waals surface area (Å²) in [5.74, 6) is 1.52. The molecule has 1 aromatic rings. The molecule has 0 aliphatic heterocycles. The van der Waals surface area contributed by atoms with Crippen LogP contribution in [0.15, 0.2) is 12.1 Å². The Labute approximate surface area is 109 Å². The van der Waals surface area contributed by atoms with E-state index in [0.29, 0.717) is 11.9 Å². The summed E-state index contributed by atoms with van der Waals surface area (Å²) in [7, 11) is 0. The number of hydrogen-bond acceptors (Lipinski definition) is 4. The summed E-state index contributed by atoms with van der Waals surface area (Å²) >= 11 is 0. The lowest BCUT2D eigenvalue weighted by Gasteiger charge is -2.24. The number of aromatic nitrogens is 2. The van der Waals surface area contributed by atoms with Crippen molar-refractivity contribution in [1.29, 1.82) is 0 Å². The summed E-state index contributed by atoms with van der Waals surface area (Å²) in [6.07, 6.45) is 5.28. The lowest BCUT2D eigenvalue weighted by atomic mass is 9.83. The second kappa shape index (κ2) is 6.69. The van der Waals surface area contributed by atoms with E-state index in [0.717, 1.165) is 31.2 Å². The zero-order chi connectivity index (χ0) is 12.8. The van der Waals surface area contributed by atoms with Crippen LogP contribution in [-0.4, -0.2) is 22.8 Å². The number of rotatable bonds is 7. The number of nitrogens with one attached hydrogen (secondary N) is 1. The van der Waals surface area contributed by atoms with Gasteiger partial charge in [0.25, 0.3) is 0 Å². The van der Waals surface area contributed by atoms with E-state index in [2.05, 4.69) is 29.4 Å². The van der Waals surface area contributed by atoms with Crippen LogP contribution < -0.4 is 10.1 Å². The number of ether oxygens (including phenoxy) is 1. The van der Waals surface area contributed by atoms with E-state index >= 15 is 0 Å². The van der Waals surface area contributed by atoms with Gasteiger partial charge in [-0.2, -0.15) is 5.10 Å². The Morgan fingerprint density at radius 1 is 1.33 bits per heavy atom. The molecule has 1 aromatic heterocycles. The first-order valence-electron chi connectivity index (χ1n) is 6.93. The Balaban J connectivity index is 1.69. The van der Waals surface area contributed by atoms with Gasteiger partial charge in [-0.15, -0.1) is 5.10 Å². The first-order valence-corrected chi connectivity index (χ1v) is 6.93. The molecule has 0 spiro atoms. The highest BCUT2D eigenvalue weighted by molar-refractivity contribution is 5.11. The van der Waals surface area contributed by atoms with Gasteiger partial charge in [0.15, 0.2) is 0 Å². The van der Waals surface area contributed by atoms with Crippen molar-refractivity contribution in [2.75, 3.05) is 6.61 Å². The van der Waals surface area contributed by atoms with Crippen LogP contribution in [0.1, 0.15) is 45.2 Å². The molecule has 18 heavy (non-hydrogen) atoms. The second-order valence-corrected chi connectivity index (χ2v) is 5.33. The summed E-state index contributed by atoms with van der Waals surface area (Å²) in [4.78, 5) is 0. The van der Waals surface area contributed by atoms with Crippen LogP contribution in [0.3, 0.4) is 0 Å². The van der Waals surface area contributed by atoms with Crippen molar-refractivity contribution < 1.29 is 4.74 Å². The Bertz CT molecular complexity index is 347. The quantitative estimate of drug-likeness (QED) is 0.806. The Hall–Kier alpha value is -1.16. The minimum Gasteiger partial charge on any atom is -0.477 e. The largest absolute Gasteiger partial charge is 0.477 e. The average molecular weight is 249 g/mol. The molecule has 1 saturated carbocycles. The molecule has 4 heteroatoms. The highest BCUT2D eigenvalue weighted by Crippen LogP contribution is 2.29. The lowest BCUT2D eigenvalue weighted by Crippen LogP contribution is -2.22. The van der Waals surface area contributed by atoms with Gasteiger partial charge in [-0.1, -0.05) is 33.1 Å². The molecule has 0 radical (unpaired) electrons. The molecule has 0 saturated heterocycles. The minimum absolute atomic E-state index is 0.463. The van der Waals surface area contributed by atoms with Gasteiger partial charge < -0.3 is 10.1 Å². The van der Waals surface area contributed by atoms with Crippen molar-refractivity contribution >= 4 is 0 Å². The molecular formula is C14H23N3O. The molecule has 0 amide bonds. The molecule has 1 heterocycles. The van der Waals surface area contributed by atoms with E-state index in [9.17, 15) is 0 Å². The fourth-order valence-electron chi connectivity index (χ4n) is 1.94. The van der Waals surface area contributed by atoms with Crippen molar-refractivity contribution in [2.45, 2.75) is 52.1 Å². The number of hydrogen-bond donors (Lipinski definition) is 1. The Kier molecular flexibility index (Phi) is 4.93. The van der Waals surface area contributed by atoms with Crippen LogP contribution in [0.4, 0.5) is 0 Å². The molecule has 0 unspecified atom stereocenters. The standard InChI is InChI=1S/C14H23N3O/c1-11(2)15-10-13-6-7-14(17-16-13)18-9-8-12-4-3-5-12/h6-7,11-12,15H,3-5,8-10H2,1-2H3. The van der Waals surface area contributed by atoms with Crippen molar-refractivity contribution in [3.8, 4) is 5.88 Å². The van der Waals surface area contributed by atoms with Crippen LogP contribution >= 0.6 is 0 Å². The summed E-state index contributed by atoms with van der Waals surface area (Å²) in [5, 5.41) is 11.5. The molecule has 2 rings (SSSR count). The summed E-state index contributed by atoms with van der Waals surface area (Å²) in [5.41, 5.74) is 0.954. The smallest absolute Gasteiger partial charge is 0.233 e. The van der Waals surface area contributed by atoms with Gasteiger partial charge in [-0.3, -0.25) is 0 Å². The first kappa shape index (κ1) is 13.3. The van der Waals surface area contributed by atoms with E-state index in [-0.39, 0.29) is 0 Å². The highest BCUT2D eigenvalue weighted by atomic mass is 16.5. The van der Waals surface area contributed by atoms with Crippen LogP contribution in [0.25, 0.3) is 0 Å². The van der Waals surface area contributed by atoms with Gasteiger partial charge in [0, 0.05) is 18.7 Å². The molecule has 1 N–H and O–H groups in total. The van der Waals surface area contributed by atoms with Gasteiger partial charge in [0.1, 0.15) is 0 Å². The molecular weight excluding hydrogens is 226 g/mol. The fourth-order valence-corrected chi connectivity index (χ4v) is 1.94. The van der Waals surface area contributed by atoms with E-state index in [1.165, 1.54) is 19.3 Å². The summed E-state index contributed by atoms with van der Waals surface area (Å²) in [6.45, 7) is 5.76. The Morgan fingerprint density at radius 2 is 2.17 bits per heavy atom.